The van der Waals surface area contributed by atoms with Gasteiger partial charge in [-0.05, 0) is 31.0 Å². The summed E-state index contributed by atoms with van der Waals surface area (Å²) in [6, 6.07) is 7.04. The average molecular weight is 334 g/mol. The van der Waals surface area contributed by atoms with Crippen LogP contribution < -0.4 is 0 Å². The Labute approximate surface area is 143 Å². The Morgan fingerprint density at radius 3 is 2.67 bits per heavy atom. The largest absolute Gasteiger partial charge is 0.478 e. The molecule has 1 aromatic carbocycles. The lowest BCUT2D eigenvalue weighted by atomic mass is 9.91. The van der Waals surface area contributed by atoms with E-state index in [1.165, 1.54) is 0 Å². The second kappa shape index (κ2) is 7.77. The molecular weight excluding hydrogens is 308 g/mol. The van der Waals surface area contributed by atoms with Gasteiger partial charge in [0, 0.05) is 34.2 Å². The molecule has 1 aromatic rings. The van der Waals surface area contributed by atoms with Gasteiger partial charge in [-0.25, -0.2) is 4.79 Å². The molecule has 1 fully saturated rings. The smallest absolute Gasteiger partial charge is 0.336 e. The highest BCUT2D eigenvalue weighted by Gasteiger charge is 2.43. The van der Waals surface area contributed by atoms with Gasteiger partial charge < -0.3 is 14.7 Å². The summed E-state index contributed by atoms with van der Waals surface area (Å²) in [7, 11) is 5.15. The van der Waals surface area contributed by atoms with Gasteiger partial charge in [0.1, 0.15) is 0 Å². The van der Waals surface area contributed by atoms with E-state index in [2.05, 4.69) is 4.90 Å². The van der Waals surface area contributed by atoms with E-state index >= 15 is 0 Å². The molecule has 1 N–H and O–H groups in total. The van der Waals surface area contributed by atoms with E-state index in [0.717, 1.165) is 24.9 Å². The molecule has 6 heteroatoms. The molecular formula is C18H26N2O4. The topological polar surface area (TPSA) is 70.1 Å². The van der Waals surface area contributed by atoms with Crippen molar-refractivity contribution in [3.8, 4) is 0 Å². The first-order chi connectivity index (χ1) is 11.4. The number of amides is 1. The number of nitrogens with zero attached hydrogens (tertiary/aromatic N) is 2. The van der Waals surface area contributed by atoms with Crippen molar-refractivity contribution >= 4 is 11.9 Å². The third-order valence-corrected chi connectivity index (χ3v) is 4.74. The maximum absolute atomic E-state index is 12.3. The van der Waals surface area contributed by atoms with Gasteiger partial charge in [0.05, 0.1) is 17.7 Å². The van der Waals surface area contributed by atoms with E-state index in [-0.39, 0.29) is 11.4 Å². The van der Waals surface area contributed by atoms with E-state index < -0.39 is 5.97 Å². The molecule has 0 aromatic heterocycles. The summed E-state index contributed by atoms with van der Waals surface area (Å²) in [5.41, 5.74) is 0.709. The van der Waals surface area contributed by atoms with Crippen LogP contribution in [0.15, 0.2) is 24.3 Å². The Morgan fingerprint density at radius 1 is 1.33 bits per heavy atom. The predicted octanol–water partition coefficient (Wildman–Crippen LogP) is 1.84. The maximum atomic E-state index is 12.3. The van der Waals surface area contributed by atoms with Gasteiger partial charge in [-0.15, -0.1) is 0 Å². The third kappa shape index (κ3) is 3.94. The van der Waals surface area contributed by atoms with Crippen LogP contribution in [0.4, 0.5) is 0 Å². The quantitative estimate of drug-likeness (QED) is 0.824. The van der Waals surface area contributed by atoms with Crippen molar-refractivity contribution in [2.24, 2.45) is 0 Å². The number of ether oxygens (including phenoxy) is 1. The number of carboxylic acids is 1. The number of methoxy groups -OCH3 is 1. The first-order valence-electron chi connectivity index (χ1n) is 8.15. The average Bonchev–Trinajstić information content (AvgIpc) is 2.90. The summed E-state index contributed by atoms with van der Waals surface area (Å²) in [4.78, 5) is 27.6. The van der Waals surface area contributed by atoms with Crippen LogP contribution in [0, 0.1) is 0 Å². The molecule has 0 aliphatic carbocycles. The van der Waals surface area contributed by atoms with Gasteiger partial charge >= 0.3 is 5.97 Å². The van der Waals surface area contributed by atoms with Crippen LogP contribution in [-0.4, -0.2) is 66.7 Å². The van der Waals surface area contributed by atoms with Crippen molar-refractivity contribution in [3.63, 3.8) is 0 Å². The van der Waals surface area contributed by atoms with Crippen molar-refractivity contribution in [1.29, 1.82) is 0 Å². The Bertz CT molecular complexity index is 602. The molecule has 2 rings (SSSR count). The van der Waals surface area contributed by atoms with Gasteiger partial charge in [0.25, 0.3) is 0 Å². The first-order valence-corrected chi connectivity index (χ1v) is 8.15. The highest BCUT2D eigenvalue weighted by atomic mass is 16.5. The molecule has 1 aliphatic rings. The summed E-state index contributed by atoms with van der Waals surface area (Å²) < 4.78 is 5.43. The molecule has 1 atom stereocenters. The molecule has 1 heterocycles. The number of aromatic carboxylic acids is 1. The number of hydrogen-bond acceptors (Lipinski definition) is 4. The maximum Gasteiger partial charge on any atom is 0.336 e. The van der Waals surface area contributed by atoms with E-state index in [0.29, 0.717) is 25.1 Å². The molecule has 6 nitrogen and oxygen atoms in total. The lowest BCUT2D eigenvalue weighted by Gasteiger charge is -2.38. The minimum absolute atomic E-state index is 0.0606. The Balaban J connectivity index is 2.27. The molecule has 1 aliphatic heterocycles. The fraction of sp³-hybridized carbons (Fsp3) is 0.556. The molecule has 1 amide bonds. The van der Waals surface area contributed by atoms with Crippen molar-refractivity contribution in [1.82, 2.24) is 9.80 Å². The zero-order chi connectivity index (χ0) is 17.7. The standard InChI is InChI=1S/C18H26N2O4/c1-19(2)16(21)11-18(13-24-3)9-6-10-20(18)12-14-7-4-5-8-15(14)17(22)23/h4-5,7-8H,6,9-13H2,1-3H3,(H,22,23)/t18-/m0/s1. The second-order valence-electron chi connectivity index (χ2n) is 6.61. The van der Waals surface area contributed by atoms with E-state index in [4.69, 9.17) is 4.74 Å². The summed E-state index contributed by atoms with van der Waals surface area (Å²) in [5.74, 6) is -0.864. The summed E-state index contributed by atoms with van der Waals surface area (Å²) in [6.45, 7) is 1.80. The second-order valence-corrected chi connectivity index (χ2v) is 6.61. The fourth-order valence-corrected chi connectivity index (χ4v) is 3.44. The number of benzene rings is 1. The molecule has 0 bridgehead atoms. The van der Waals surface area contributed by atoms with Crippen LogP contribution in [0.1, 0.15) is 35.2 Å². The number of carbonyl (C=O) groups is 2. The highest BCUT2D eigenvalue weighted by Crippen LogP contribution is 2.35. The van der Waals surface area contributed by atoms with E-state index in [1.807, 2.05) is 12.1 Å². The minimum Gasteiger partial charge on any atom is -0.478 e. The number of rotatable bonds is 7. The minimum atomic E-state index is -0.925. The van der Waals surface area contributed by atoms with Crippen LogP contribution in [0.25, 0.3) is 0 Å². The summed E-state index contributed by atoms with van der Waals surface area (Å²) in [6.07, 6.45) is 2.22. The lowest BCUT2D eigenvalue weighted by Crippen LogP contribution is -2.50. The van der Waals surface area contributed by atoms with Crippen molar-refractivity contribution in [2.45, 2.75) is 31.3 Å². The monoisotopic (exact) mass is 334 g/mol. The zero-order valence-corrected chi connectivity index (χ0v) is 14.6. The zero-order valence-electron chi connectivity index (χ0n) is 14.6. The molecule has 24 heavy (non-hydrogen) atoms. The van der Waals surface area contributed by atoms with Crippen LogP contribution in [0.3, 0.4) is 0 Å². The van der Waals surface area contributed by atoms with E-state index in [1.54, 1.807) is 38.2 Å². The van der Waals surface area contributed by atoms with Crippen molar-refractivity contribution in [3.05, 3.63) is 35.4 Å². The van der Waals surface area contributed by atoms with Crippen LogP contribution in [-0.2, 0) is 16.1 Å². The fourth-order valence-electron chi connectivity index (χ4n) is 3.44. The Hall–Kier alpha value is -1.92. The van der Waals surface area contributed by atoms with Gasteiger partial charge in [-0.2, -0.15) is 0 Å². The van der Waals surface area contributed by atoms with Gasteiger partial charge in [0.2, 0.25) is 5.91 Å². The van der Waals surface area contributed by atoms with Gasteiger partial charge in [-0.3, -0.25) is 9.69 Å². The third-order valence-electron chi connectivity index (χ3n) is 4.74. The Kier molecular flexibility index (Phi) is 5.96. The molecule has 0 saturated carbocycles. The SMILES string of the molecule is COC[C@@]1(CC(=O)N(C)C)CCCN1Cc1ccccc1C(=O)O. The summed E-state index contributed by atoms with van der Waals surface area (Å²) in [5, 5.41) is 9.39. The van der Waals surface area contributed by atoms with Gasteiger partial charge in [0.15, 0.2) is 0 Å². The number of carboxylic acid groups (broad SMARTS) is 1. The molecule has 1 saturated heterocycles. The number of likely N-dealkylation sites (tertiary alicyclic amines) is 1. The van der Waals surface area contributed by atoms with Gasteiger partial charge in [-0.1, -0.05) is 18.2 Å². The normalized spacial score (nSPS) is 21.0. The molecule has 0 unspecified atom stereocenters. The molecule has 132 valence electrons. The Morgan fingerprint density at radius 2 is 2.04 bits per heavy atom. The van der Waals surface area contributed by atoms with Crippen LogP contribution in [0.2, 0.25) is 0 Å². The van der Waals surface area contributed by atoms with Crippen molar-refractivity contribution in [2.75, 3.05) is 34.4 Å². The van der Waals surface area contributed by atoms with E-state index in [9.17, 15) is 14.7 Å². The molecule has 0 spiro atoms. The van der Waals surface area contributed by atoms with Crippen LogP contribution in [0.5, 0.6) is 0 Å². The van der Waals surface area contributed by atoms with Crippen LogP contribution >= 0.6 is 0 Å². The number of carbonyl (C=O) groups excluding carboxylic acids is 1. The lowest BCUT2D eigenvalue weighted by molar-refractivity contribution is -0.132. The molecule has 0 radical (unpaired) electrons. The highest BCUT2D eigenvalue weighted by molar-refractivity contribution is 5.89. The number of hydrogen-bond donors (Lipinski definition) is 1. The predicted molar refractivity (Wildman–Crippen MR) is 91.0 cm³/mol. The summed E-state index contributed by atoms with van der Waals surface area (Å²) >= 11 is 0. The first kappa shape index (κ1) is 18.4. The van der Waals surface area contributed by atoms with Crippen molar-refractivity contribution < 1.29 is 19.4 Å².